The van der Waals surface area contributed by atoms with E-state index in [4.69, 9.17) is 0 Å². The van der Waals surface area contributed by atoms with Crippen LogP contribution in [0, 0.1) is 6.92 Å². The van der Waals surface area contributed by atoms with Crippen molar-refractivity contribution in [1.82, 2.24) is 10.3 Å². The SMILES string of the molecule is CNCCc1c(C)c2cc(C(C)C)ccc2[nH]c1=O. The zero-order valence-corrected chi connectivity index (χ0v) is 12.1. The molecule has 2 aromatic rings. The molecule has 2 N–H and O–H groups in total. The standard InChI is InChI=1S/C16H22N2O/c1-10(2)12-5-6-15-14(9-12)11(3)13(7-8-17-4)16(19)18-15/h5-6,9-10,17H,7-8H2,1-4H3,(H,18,19). The highest BCUT2D eigenvalue weighted by Crippen LogP contribution is 2.23. The highest BCUT2D eigenvalue weighted by atomic mass is 16.1. The van der Waals surface area contributed by atoms with Gasteiger partial charge in [-0.1, -0.05) is 19.9 Å². The Morgan fingerprint density at radius 3 is 2.68 bits per heavy atom. The van der Waals surface area contributed by atoms with Gasteiger partial charge in [0.05, 0.1) is 0 Å². The van der Waals surface area contributed by atoms with Crippen molar-refractivity contribution < 1.29 is 0 Å². The summed E-state index contributed by atoms with van der Waals surface area (Å²) in [5, 5.41) is 4.26. The maximum absolute atomic E-state index is 12.1. The summed E-state index contributed by atoms with van der Waals surface area (Å²) in [5.41, 5.74) is 4.28. The van der Waals surface area contributed by atoms with Crippen molar-refractivity contribution in [2.45, 2.75) is 33.1 Å². The monoisotopic (exact) mass is 258 g/mol. The molecule has 0 spiro atoms. The van der Waals surface area contributed by atoms with Gasteiger partial charge in [0.25, 0.3) is 5.56 Å². The molecule has 0 saturated carbocycles. The Morgan fingerprint density at radius 1 is 1.32 bits per heavy atom. The summed E-state index contributed by atoms with van der Waals surface area (Å²) in [7, 11) is 1.90. The van der Waals surface area contributed by atoms with Crippen LogP contribution in [0.1, 0.15) is 36.5 Å². The average molecular weight is 258 g/mol. The molecule has 0 aliphatic rings. The van der Waals surface area contributed by atoms with Crippen molar-refractivity contribution in [1.29, 1.82) is 0 Å². The second-order valence-corrected chi connectivity index (χ2v) is 5.37. The molecule has 0 bridgehead atoms. The lowest BCUT2D eigenvalue weighted by atomic mass is 9.97. The molecule has 0 unspecified atom stereocenters. The Morgan fingerprint density at radius 2 is 2.05 bits per heavy atom. The molecule has 3 nitrogen and oxygen atoms in total. The van der Waals surface area contributed by atoms with Crippen LogP contribution in [0.5, 0.6) is 0 Å². The predicted octanol–water partition coefficient (Wildman–Crippen LogP) is 2.72. The summed E-state index contributed by atoms with van der Waals surface area (Å²) in [6.07, 6.45) is 0.763. The third kappa shape index (κ3) is 2.71. The van der Waals surface area contributed by atoms with Crippen LogP contribution in [0.4, 0.5) is 0 Å². The van der Waals surface area contributed by atoms with Gasteiger partial charge < -0.3 is 10.3 Å². The van der Waals surface area contributed by atoms with Crippen molar-refractivity contribution in [2.24, 2.45) is 0 Å². The number of aromatic nitrogens is 1. The minimum Gasteiger partial charge on any atom is -0.322 e. The van der Waals surface area contributed by atoms with Gasteiger partial charge in [-0.3, -0.25) is 4.79 Å². The molecule has 102 valence electrons. The van der Waals surface area contributed by atoms with Crippen molar-refractivity contribution in [3.63, 3.8) is 0 Å². The Bertz CT molecular complexity index is 641. The summed E-state index contributed by atoms with van der Waals surface area (Å²) >= 11 is 0. The first-order chi connectivity index (χ1) is 9.04. The number of H-pyrrole nitrogens is 1. The molecule has 0 radical (unpaired) electrons. The number of aryl methyl sites for hydroxylation is 1. The van der Waals surface area contributed by atoms with Gasteiger partial charge in [-0.15, -0.1) is 0 Å². The molecule has 0 amide bonds. The van der Waals surface area contributed by atoms with Crippen molar-refractivity contribution in [3.8, 4) is 0 Å². The van der Waals surface area contributed by atoms with Gasteiger partial charge in [-0.05, 0) is 56.1 Å². The molecule has 1 aromatic heterocycles. The van der Waals surface area contributed by atoms with Crippen LogP contribution in [0.15, 0.2) is 23.0 Å². The number of likely N-dealkylation sites (N-methyl/N-ethyl adjacent to an activating group) is 1. The van der Waals surface area contributed by atoms with E-state index in [2.05, 4.69) is 36.3 Å². The van der Waals surface area contributed by atoms with E-state index in [1.807, 2.05) is 20.0 Å². The molecular formula is C16H22N2O. The minimum atomic E-state index is 0.0394. The number of benzene rings is 1. The minimum absolute atomic E-state index is 0.0394. The Kier molecular flexibility index (Phi) is 4.05. The fourth-order valence-electron chi connectivity index (χ4n) is 2.42. The van der Waals surface area contributed by atoms with Crippen molar-refractivity contribution in [3.05, 3.63) is 45.2 Å². The molecular weight excluding hydrogens is 236 g/mol. The highest BCUT2D eigenvalue weighted by Gasteiger charge is 2.10. The topological polar surface area (TPSA) is 44.9 Å². The van der Waals surface area contributed by atoms with Crippen LogP contribution in [0.3, 0.4) is 0 Å². The quantitative estimate of drug-likeness (QED) is 0.885. The summed E-state index contributed by atoms with van der Waals surface area (Å²) < 4.78 is 0. The molecule has 0 aliphatic heterocycles. The van der Waals surface area contributed by atoms with Gasteiger partial charge in [-0.25, -0.2) is 0 Å². The molecule has 2 rings (SSSR count). The summed E-state index contributed by atoms with van der Waals surface area (Å²) in [4.78, 5) is 15.1. The van der Waals surface area contributed by atoms with E-state index in [1.165, 1.54) is 5.56 Å². The number of aromatic amines is 1. The fourth-order valence-corrected chi connectivity index (χ4v) is 2.42. The van der Waals surface area contributed by atoms with Crippen LogP contribution >= 0.6 is 0 Å². The predicted molar refractivity (Wildman–Crippen MR) is 81.0 cm³/mol. The highest BCUT2D eigenvalue weighted by molar-refractivity contribution is 5.83. The maximum atomic E-state index is 12.1. The number of pyridine rings is 1. The smallest absolute Gasteiger partial charge is 0.251 e. The van der Waals surface area contributed by atoms with Crippen LogP contribution in [0.25, 0.3) is 10.9 Å². The molecule has 1 aromatic carbocycles. The van der Waals surface area contributed by atoms with E-state index in [0.29, 0.717) is 5.92 Å². The third-order valence-corrected chi connectivity index (χ3v) is 3.71. The molecule has 0 aliphatic carbocycles. The van der Waals surface area contributed by atoms with E-state index in [0.717, 1.165) is 35.0 Å². The molecule has 0 saturated heterocycles. The Hall–Kier alpha value is -1.61. The first-order valence-corrected chi connectivity index (χ1v) is 6.84. The Labute approximate surface area is 114 Å². The van der Waals surface area contributed by atoms with E-state index in [1.54, 1.807) is 0 Å². The molecule has 1 heterocycles. The van der Waals surface area contributed by atoms with Crippen LogP contribution in [-0.4, -0.2) is 18.6 Å². The number of fused-ring (bicyclic) bond motifs is 1. The Balaban J connectivity index is 2.62. The van der Waals surface area contributed by atoms with Crippen molar-refractivity contribution in [2.75, 3.05) is 13.6 Å². The number of hydrogen-bond acceptors (Lipinski definition) is 2. The lowest BCUT2D eigenvalue weighted by Gasteiger charge is -2.11. The van der Waals surface area contributed by atoms with Crippen molar-refractivity contribution >= 4 is 10.9 Å². The second kappa shape index (κ2) is 5.57. The van der Waals surface area contributed by atoms with E-state index < -0.39 is 0 Å². The lowest BCUT2D eigenvalue weighted by Crippen LogP contribution is -2.20. The van der Waals surface area contributed by atoms with Crippen LogP contribution in [-0.2, 0) is 6.42 Å². The van der Waals surface area contributed by atoms with Gasteiger partial charge in [0.1, 0.15) is 0 Å². The summed E-state index contributed by atoms with van der Waals surface area (Å²) in [5.74, 6) is 0.497. The average Bonchev–Trinajstić information content (AvgIpc) is 2.38. The number of nitrogens with one attached hydrogen (secondary N) is 2. The first kappa shape index (κ1) is 13.8. The van der Waals surface area contributed by atoms with Gasteiger partial charge in [0.2, 0.25) is 0 Å². The van der Waals surface area contributed by atoms with E-state index in [-0.39, 0.29) is 5.56 Å². The molecule has 0 atom stereocenters. The van der Waals surface area contributed by atoms with Gasteiger partial charge >= 0.3 is 0 Å². The zero-order valence-electron chi connectivity index (χ0n) is 12.1. The number of rotatable bonds is 4. The molecule has 19 heavy (non-hydrogen) atoms. The van der Waals surface area contributed by atoms with Crippen LogP contribution in [0.2, 0.25) is 0 Å². The second-order valence-electron chi connectivity index (χ2n) is 5.37. The van der Waals surface area contributed by atoms with Gasteiger partial charge in [0.15, 0.2) is 0 Å². The third-order valence-electron chi connectivity index (χ3n) is 3.71. The summed E-state index contributed by atoms with van der Waals surface area (Å²) in [6.45, 7) is 7.24. The van der Waals surface area contributed by atoms with E-state index in [9.17, 15) is 4.79 Å². The van der Waals surface area contributed by atoms with E-state index >= 15 is 0 Å². The number of hydrogen-bond donors (Lipinski definition) is 2. The van der Waals surface area contributed by atoms with Crippen LogP contribution < -0.4 is 10.9 Å². The summed E-state index contributed by atoms with van der Waals surface area (Å²) in [6, 6.07) is 6.31. The fraction of sp³-hybridized carbons (Fsp3) is 0.438. The lowest BCUT2D eigenvalue weighted by molar-refractivity contribution is 0.783. The maximum Gasteiger partial charge on any atom is 0.251 e. The molecule has 3 heteroatoms. The van der Waals surface area contributed by atoms with Gasteiger partial charge in [-0.2, -0.15) is 0 Å². The first-order valence-electron chi connectivity index (χ1n) is 6.84. The van der Waals surface area contributed by atoms with Gasteiger partial charge in [0, 0.05) is 16.5 Å². The molecule has 0 fully saturated rings. The normalized spacial score (nSPS) is 11.4. The zero-order chi connectivity index (χ0) is 14.0. The largest absolute Gasteiger partial charge is 0.322 e.